The number of amides is 1. The van der Waals surface area contributed by atoms with Crippen molar-refractivity contribution in [3.05, 3.63) is 12.3 Å². The highest BCUT2D eigenvalue weighted by Crippen LogP contribution is 2.39. The first-order valence-corrected chi connectivity index (χ1v) is 7.43. The predicted molar refractivity (Wildman–Crippen MR) is 73.4 cm³/mol. The van der Waals surface area contributed by atoms with Gasteiger partial charge in [-0.2, -0.15) is 5.10 Å². The Bertz CT molecular complexity index is 513. The van der Waals surface area contributed by atoms with Crippen molar-refractivity contribution in [3.63, 3.8) is 0 Å². The molecule has 6 heteroatoms. The third-order valence-corrected chi connectivity index (χ3v) is 5.08. The lowest BCUT2D eigenvalue weighted by molar-refractivity contribution is -0.125. The molecule has 2 saturated heterocycles. The fourth-order valence-corrected chi connectivity index (χ4v) is 3.49. The van der Waals surface area contributed by atoms with Gasteiger partial charge in [0.25, 0.3) is 0 Å². The van der Waals surface area contributed by atoms with E-state index in [0.29, 0.717) is 31.7 Å². The Morgan fingerprint density at radius 2 is 2.45 bits per heavy atom. The lowest BCUT2D eigenvalue weighted by atomic mass is 9.80. The molecule has 2 atom stereocenters. The molecular formula is C14H20N4O2. The lowest BCUT2D eigenvalue weighted by Gasteiger charge is -2.29. The molecule has 2 aliphatic heterocycles. The molecule has 1 aromatic rings. The Kier molecular flexibility index (Phi) is 2.82. The summed E-state index contributed by atoms with van der Waals surface area (Å²) in [5.74, 6) is 1.19. The Balaban J connectivity index is 1.54. The van der Waals surface area contributed by atoms with Gasteiger partial charge in [-0.15, -0.1) is 0 Å². The molecule has 3 heterocycles. The van der Waals surface area contributed by atoms with E-state index >= 15 is 0 Å². The van der Waals surface area contributed by atoms with E-state index in [0.717, 1.165) is 25.2 Å². The van der Waals surface area contributed by atoms with Crippen LogP contribution in [0.1, 0.15) is 25.3 Å². The molecular weight excluding hydrogens is 256 g/mol. The summed E-state index contributed by atoms with van der Waals surface area (Å²) in [4.78, 5) is 12.7. The number of rotatable bonds is 3. The minimum atomic E-state index is -0.394. The van der Waals surface area contributed by atoms with Crippen molar-refractivity contribution < 1.29 is 9.53 Å². The smallest absolute Gasteiger partial charge is 0.235 e. The van der Waals surface area contributed by atoms with Crippen LogP contribution in [0.2, 0.25) is 0 Å². The predicted octanol–water partition coefficient (Wildman–Crippen LogP) is 0.783. The zero-order valence-corrected chi connectivity index (χ0v) is 11.5. The second-order valence-corrected chi connectivity index (χ2v) is 6.20. The Hall–Kier alpha value is -1.40. The van der Waals surface area contributed by atoms with Crippen LogP contribution >= 0.6 is 0 Å². The molecule has 1 saturated carbocycles. The number of fused-ring (bicyclic) bond motifs is 1. The average molecular weight is 276 g/mol. The van der Waals surface area contributed by atoms with Crippen molar-refractivity contribution in [2.24, 2.45) is 11.3 Å². The van der Waals surface area contributed by atoms with E-state index in [1.807, 2.05) is 10.7 Å². The maximum absolute atomic E-state index is 12.7. The molecule has 6 nitrogen and oxygen atoms in total. The summed E-state index contributed by atoms with van der Waals surface area (Å²) in [6.45, 7) is 2.78. The monoisotopic (exact) mass is 276 g/mol. The average Bonchev–Trinajstić information content (AvgIpc) is 3.01. The van der Waals surface area contributed by atoms with Crippen molar-refractivity contribution in [2.45, 2.75) is 25.3 Å². The van der Waals surface area contributed by atoms with E-state index in [1.165, 1.54) is 6.42 Å². The number of hydrogen-bond donors (Lipinski definition) is 2. The first kappa shape index (κ1) is 12.3. The van der Waals surface area contributed by atoms with Gasteiger partial charge in [0.15, 0.2) is 0 Å². The minimum Gasteiger partial charge on any atom is -0.380 e. The number of hydrogen-bond acceptors (Lipinski definition) is 4. The van der Waals surface area contributed by atoms with Crippen LogP contribution in [0.15, 0.2) is 12.3 Å². The highest BCUT2D eigenvalue weighted by Gasteiger charge is 2.53. The summed E-state index contributed by atoms with van der Waals surface area (Å²) in [6, 6.07) is 2.34. The van der Waals surface area contributed by atoms with Gasteiger partial charge in [-0.3, -0.25) is 4.79 Å². The van der Waals surface area contributed by atoms with Gasteiger partial charge in [0.2, 0.25) is 5.91 Å². The number of carbonyl (C=O) groups is 1. The van der Waals surface area contributed by atoms with E-state index in [9.17, 15) is 4.79 Å². The van der Waals surface area contributed by atoms with Crippen LogP contribution in [0.5, 0.6) is 0 Å². The van der Waals surface area contributed by atoms with Gasteiger partial charge >= 0.3 is 0 Å². The number of nitrogens with one attached hydrogen (secondary N) is 2. The molecule has 0 unspecified atom stereocenters. The molecule has 20 heavy (non-hydrogen) atoms. The van der Waals surface area contributed by atoms with Crippen LogP contribution in [-0.4, -0.2) is 42.0 Å². The fourth-order valence-electron chi connectivity index (χ4n) is 3.49. The van der Waals surface area contributed by atoms with Gasteiger partial charge in [-0.05, 0) is 19.3 Å². The standard InChI is InChI=1S/C14H20N4O2/c19-13(14-8-15-6-10(14)7-20-9-14)17-12-4-5-16-18(12)11-2-1-3-11/h4-5,10-11,15H,1-3,6-9H2,(H,17,19)/t10-,14-/m0/s1. The molecule has 3 aliphatic rings. The van der Waals surface area contributed by atoms with E-state index in [4.69, 9.17) is 4.74 Å². The molecule has 2 N–H and O–H groups in total. The summed E-state index contributed by atoms with van der Waals surface area (Å²) in [5.41, 5.74) is -0.394. The maximum atomic E-state index is 12.7. The van der Waals surface area contributed by atoms with Crippen molar-refractivity contribution in [2.75, 3.05) is 31.6 Å². The van der Waals surface area contributed by atoms with E-state index in [2.05, 4.69) is 15.7 Å². The van der Waals surface area contributed by atoms with Gasteiger partial charge in [-0.1, -0.05) is 0 Å². The quantitative estimate of drug-likeness (QED) is 0.856. The second kappa shape index (κ2) is 4.56. The molecule has 4 rings (SSSR count). The van der Waals surface area contributed by atoms with Crippen molar-refractivity contribution in [1.29, 1.82) is 0 Å². The zero-order valence-electron chi connectivity index (χ0n) is 11.5. The number of aromatic nitrogens is 2. The molecule has 108 valence electrons. The molecule has 0 aromatic carbocycles. The number of ether oxygens (including phenoxy) is 1. The SMILES string of the molecule is O=C(Nc1ccnn1C1CCC1)[C@]12CNC[C@H]1COC2. The summed E-state index contributed by atoms with van der Waals surface area (Å²) in [7, 11) is 0. The van der Waals surface area contributed by atoms with Crippen LogP contribution in [-0.2, 0) is 9.53 Å². The van der Waals surface area contributed by atoms with Crippen molar-refractivity contribution in [1.82, 2.24) is 15.1 Å². The van der Waals surface area contributed by atoms with Crippen molar-refractivity contribution >= 4 is 11.7 Å². The summed E-state index contributed by atoms with van der Waals surface area (Å²) >= 11 is 0. The van der Waals surface area contributed by atoms with Crippen LogP contribution < -0.4 is 10.6 Å². The first-order valence-electron chi connectivity index (χ1n) is 7.43. The molecule has 0 bridgehead atoms. The molecule has 1 amide bonds. The highest BCUT2D eigenvalue weighted by atomic mass is 16.5. The fraction of sp³-hybridized carbons (Fsp3) is 0.714. The van der Waals surface area contributed by atoms with E-state index < -0.39 is 5.41 Å². The third kappa shape index (κ3) is 1.71. The highest BCUT2D eigenvalue weighted by molar-refractivity contribution is 5.95. The molecule has 1 aliphatic carbocycles. The second-order valence-electron chi connectivity index (χ2n) is 6.20. The van der Waals surface area contributed by atoms with Crippen LogP contribution in [0.4, 0.5) is 5.82 Å². The summed E-state index contributed by atoms with van der Waals surface area (Å²) < 4.78 is 7.51. The summed E-state index contributed by atoms with van der Waals surface area (Å²) in [6.07, 6.45) is 5.33. The van der Waals surface area contributed by atoms with Crippen LogP contribution in [0.25, 0.3) is 0 Å². The van der Waals surface area contributed by atoms with E-state index in [1.54, 1.807) is 6.20 Å². The maximum Gasteiger partial charge on any atom is 0.235 e. The van der Waals surface area contributed by atoms with Gasteiger partial charge in [-0.25, -0.2) is 4.68 Å². The third-order valence-electron chi connectivity index (χ3n) is 5.08. The molecule has 0 radical (unpaired) electrons. The number of nitrogens with zero attached hydrogens (tertiary/aromatic N) is 2. The zero-order chi connectivity index (χ0) is 13.6. The minimum absolute atomic E-state index is 0.0751. The van der Waals surface area contributed by atoms with Gasteiger partial charge in [0.05, 0.1) is 30.9 Å². The Morgan fingerprint density at radius 1 is 1.55 bits per heavy atom. The Morgan fingerprint density at radius 3 is 3.25 bits per heavy atom. The van der Waals surface area contributed by atoms with Crippen LogP contribution in [0, 0.1) is 11.3 Å². The Labute approximate surface area is 117 Å². The van der Waals surface area contributed by atoms with Crippen LogP contribution in [0.3, 0.4) is 0 Å². The number of anilines is 1. The van der Waals surface area contributed by atoms with Gasteiger partial charge in [0, 0.05) is 25.1 Å². The van der Waals surface area contributed by atoms with Gasteiger partial charge in [0.1, 0.15) is 5.82 Å². The lowest BCUT2D eigenvalue weighted by Crippen LogP contribution is -2.43. The molecule has 0 spiro atoms. The van der Waals surface area contributed by atoms with Crippen molar-refractivity contribution in [3.8, 4) is 0 Å². The molecule has 1 aromatic heterocycles. The normalized spacial score (nSPS) is 32.9. The first-order chi connectivity index (χ1) is 9.79. The topological polar surface area (TPSA) is 68.2 Å². The van der Waals surface area contributed by atoms with E-state index in [-0.39, 0.29) is 5.91 Å². The summed E-state index contributed by atoms with van der Waals surface area (Å²) in [5, 5.41) is 10.8. The largest absolute Gasteiger partial charge is 0.380 e. The number of carbonyl (C=O) groups excluding carboxylic acids is 1. The molecule has 3 fully saturated rings. The van der Waals surface area contributed by atoms with Gasteiger partial charge < -0.3 is 15.4 Å².